The second kappa shape index (κ2) is 6.25. The van der Waals surface area contributed by atoms with Crippen LogP contribution in [-0.2, 0) is 26.5 Å². The number of rotatable bonds is 2. The van der Waals surface area contributed by atoms with Crippen LogP contribution in [0.15, 0.2) is 48.7 Å². The zero-order valence-electron chi connectivity index (χ0n) is 10.6. The zero-order valence-corrected chi connectivity index (χ0v) is 13.0. The Morgan fingerprint density at radius 1 is 1.05 bits per heavy atom. The summed E-state index contributed by atoms with van der Waals surface area (Å²) in [6.07, 6.45) is 1.67. The van der Waals surface area contributed by atoms with E-state index >= 15 is 0 Å². The number of aromatic nitrogens is 1. The molecule has 0 saturated heterocycles. The van der Waals surface area contributed by atoms with Crippen LogP contribution in [0.25, 0.3) is 22.0 Å². The van der Waals surface area contributed by atoms with Crippen molar-refractivity contribution in [2.75, 3.05) is 0 Å². The van der Waals surface area contributed by atoms with E-state index in [2.05, 4.69) is 11.1 Å². The molecule has 0 saturated carbocycles. The van der Waals surface area contributed by atoms with Crippen molar-refractivity contribution in [1.29, 1.82) is 0 Å². The van der Waals surface area contributed by atoms with Gasteiger partial charge in [0.2, 0.25) is 0 Å². The predicted octanol–water partition coefficient (Wildman–Crippen LogP) is 4.09. The van der Waals surface area contributed by atoms with Crippen molar-refractivity contribution >= 4 is 10.8 Å². The Morgan fingerprint density at radius 2 is 1.80 bits per heavy atom. The molecular weight excluding hydrogens is 429 g/mol. The molecule has 0 unspecified atom stereocenters. The van der Waals surface area contributed by atoms with Gasteiger partial charge >= 0.3 is 0 Å². The number of fused-ring (bicyclic) bond motifs is 1. The average molecular weight is 440 g/mol. The summed E-state index contributed by atoms with van der Waals surface area (Å²) in [6.45, 7) is 5.62. The van der Waals surface area contributed by atoms with Gasteiger partial charge in [0.05, 0.1) is 6.20 Å². The molecule has 3 heteroatoms. The van der Waals surface area contributed by atoms with Gasteiger partial charge in [0, 0.05) is 25.5 Å². The number of pyridine rings is 1. The first-order valence-corrected chi connectivity index (χ1v) is 6.04. The Labute approximate surface area is 131 Å². The van der Waals surface area contributed by atoms with E-state index in [0.29, 0.717) is 11.8 Å². The number of nitrogens with zero attached hydrogens (tertiary/aromatic N) is 1. The molecule has 0 spiro atoms. The molecule has 3 aromatic rings. The maximum Gasteiger partial charge on any atom is 0.147 e. The summed E-state index contributed by atoms with van der Waals surface area (Å²) in [5.41, 5.74) is 2.47. The Hall–Kier alpha value is -1.57. The molecule has 0 amide bonds. The van der Waals surface area contributed by atoms with E-state index < -0.39 is 0 Å². The number of hydrogen-bond donors (Lipinski definition) is 0. The van der Waals surface area contributed by atoms with Crippen molar-refractivity contribution in [3.05, 3.63) is 73.0 Å². The van der Waals surface area contributed by atoms with Gasteiger partial charge in [-0.25, -0.2) is 4.39 Å². The second-order valence-electron chi connectivity index (χ2n) is 4.29. The first kappa shape index (κ1) is 14.8. The first-order chi connectivity index (χ1) is 9.29. The molecule has 101 valence electrons. The Morgan fingerprint density at radius 3 is 2.55 bits per heavy atom. The van der Waals surface area contributed by atoms with Gasteiger partial charge in [0.1, 0.15) is 5.82 Å². The number of halogens is 1. The van der Waals surface area contributed by atoms with E-state index in [1.165, 1.54) is 6.20 Å². The van der Waals surface area contributed by atoms with E-state index in [0.717, 1.165) is 22.2 Å². The van der Waals surface area contributed by atoms with Gasteiger partial charge in [-0.2, -0.15) is 0 Å². The van der Waals surface area contributed by atoms with Gasteiger partial charge in [-0.15, -0.1) is 35.4 Å². The van der Waals surface area contributed by atoms with Gasteiger partial charge in [-0.3, -0.25) is 0 Å². The molecule has 0 aliphatic carbocycles. The molecule has 1 nitrogen and oxygen atoms in total. The van der Waals surface area contributed by atoms with Crippen LogP contribution in [0.1, 0.15) is 5.56 Å². The van der Waals surface area contributed by atoms with Gasteiger partial charge in [0.25, 0.3) is 0 Å². The molecule has 3 radical (unpaired) electrons. The summed E-state index contributed by atoms with van der Waals surface area (Å²) < 4.78 is 13.7. The van der Waals surface area contributed by atoms with E-state index in [1.54, 1.807) is 6.07 Å². The Kier molecular flexibility index (Phi) is 4.64. The summed E-state index contributed by atoms with van der Waals surface area (Å²) in [4.78, 5) is 4.21. The normalized spacial score (nSPS) is 10.3. The van der Waals surface area contributed by atoms with Crippen molar-refractivity contribution in [3.63, 3.8) is 0 Å². The van der Waals surface area contributed by atoms with Gasteiger partial charge in [0.15, 0.2) is 0 Å². The third kappa shape index (κ3) is 2.65. The monoisotopic (exact) mass is 441 g/mol. The fraction of sp³-hybridized carbons (Fsp3) is 0.0588. The van der Waals surface area contributed by atoms with Crippen LogP contribution in [-0.4, -0.2) is 4.98 Å². The minimum Gasteiger partial charge on any atom is -0.301 e. The summed E-state index contributed by atoms with van der Waals surface area (Å²) in [7, 11) is 0. The van der Waals surface area contributed by atoms with Crippen LogP contribution in [0.2, 0.25) is 0 Å². The molecule has 20 heavy (non-hydrogen) atoms. The second-order valence-corrected chi connectivity index (χ2v) is 4.29. The topological polar surface area (TPSA) is 12.9 Å². The van der Waals surface area contributed by atoms with Gasteiger partial charge in [-0.05, 0) is 24.4 Å². The van der Waals surface area contributed by atoms with Crippen molar-refractivity contribution in [1.82, 2.24) is 4.98 Å². The van der Waals surface area contributed by atoms with Crippen LogP contribution >= 0.6 is 0 Å². The summed E-state index contributed by atoms with van der Waals surface area (Å²) >= 11 is 0. The maximum atomic E-state index is 13.7. The standard InChI is InChI=1S/C17H11FN.Ir/c1-2-12-6-5-7-13(10-12)17-15-9-4-3-8-14(15)16(18)11-19-17;/h1,3-9,11H,2H2;/q-1;. The molecule has 1 aromatic heterocycles. The number of hydrogen-bond acceptors (Lipinski definition) is 1. The van der Waals surface area contributed by atoms with Crippen LogP contribution in [0, 0.1) is 18.8 Å². The molecule has 0 aliphatic heterocycles. The number of benzene rings is 2. The first-order valence-electron chi connectivity index (χ1n) is 6.04. The SMILES string of the molecule is [CH]Cc1[c-]c(-c2ncc(F)c3ccccc23)ccc1.[Ir]. The molecule has 2 aromatic carbocycles. The third-order valence-corrected chi connectivity index (χ3v) is 3.08. The quantitative estimate of drug-likeness (QED) is 0.547. The fourth-order valence-corrected chi connectivity index (χ4v) is 2.15. The van der Waals surface area contributed by atoms with E-state index in [1.807, 2.05) is 36.4 Å². The molecule has 0 N–H and O–H groups in total. The van der Waals surface area contributed by atoms with Gasteiger partial charge < -0.3 is 4.98 Å². The van der Waals surface area contributed by atoms with Crippen molar-refractivity contribution < 1.29 is 24.5 Å². The fourth-order valence-electron chi connectivity index (χ4n) is 2.15. The third-order valence-electron chi connectivity index (χ3n) is 3.08. The van der Waals surface area contributed by atoms with Crippen molar-refractivity contribution in [2.45, 2.75) is 6.42 Å². The largest absolute Gasteiger partial charge is 0.301 e. The minimum atomic E-state index is -0.311. The van der Waals surface area contributed by atoms with E-state index in [4.69, 9.17) is 6.92 Å². The molecule has 0 aliphatic rings. The average Bonchev–Trinajstić information content (AvgIpc) is 2.48. The van der Waals surface area contributed by atoms with Crippen LogP contribution in [0.4, 0.5) is 4.39 Å². The Balaban J connectivity index is 0.00000147. The zero-order chi connectivity index (χ0) is 13.2. The maximum absolute atomic E-state index is 13.7. The van der Waals surface area contributed by atoms with Crippen molar-refractivity contribution in [3.8, 4) is 11.3 Å². The summed E-state index contributed by atoms with van der Waals surface area (Å²) in [6, 6.07) is 16.2. The summed E-state index contributed by atoms with van der Waals surface area (Å²) in [5.74, 6) is -0.311. The van der Waals surface area contributed by atoms with Crippen LogP contribution in [0.3, 0.4) is 0 Å². The predicted molar refractivity (Wildman–Crippen MR) is 74.0 cm³/mol. The van der Waals surface area contributed by atoms with Crippen molar-refractivity contribution in [2.24, 2.45) is 0 Å². The molecule has 1 heterocycles. The molecule has 3 rings (SSSR count). The van der Waals surface area contributed by atoms with Crippen LogP contribution in [0.5, 0.6) is 0 Å². The molecule has 0 fully saturated rings. The van der Waals surface area contributed by atoms with E-state index in [9.17, 15) is 4.39 Å². The Bertz CT molecular complexity index is 740. The smallest absolute Gasteiger partial charge is 0.147 e. The molecule has 0 bridgehead atoms. The minimum absolute atomic E-state index is 0. The molecular formula is C17H11FIrN-. The van der Waals surface area contributed by atoms with Crippen LogP contribution < -0.4 is 0 Å². The van der Waals surface area contributed by atoms with E-state index in [-0.39, 0.29) is 25.9 Å². The van der Waals surface area contributed by atoms with Gasteiger partial charge in [-0.1, -0.05) is 24.3 Å². The molecule has 0 atom stereocenters. The summed E-state index contributed by atoms with van der Waals surface area (Å²) in [5, 5.41) is 1.35.